The SMILES string of the molecule is CCOC(=O)CN(CCOC)C(=O)c1ccc(Cl)c(S(=O)(=O)NC(C)(C)C)c1. The lowest BCUT2D eigenvalue weighted by molar-refractivity contribution is -0.143. The Kier molecular flexibility index (Phi) is 8.87. The van der Waals surface area contributed by atoms with Crippen LogP contribution in [-0.2, 0) is 24.3 Å². The zero-order valence-electron chi connectivity index (χ0n) is 16.7. The molecule has 0 aromatic heterocycles. The van der Waals surface area contributed by atoms with Crippen LogP contribution < -0.4 is 4.72 Å². The standard InChI is InChI=1S/C18H27ClN2O6S/c1-6-27-16(22)12-21(9-10-26-5)17(23)13-7-8-14(19)15(11-13)28(24,25)20-18(2,3)4/h7-8,11,20H,6,9-10,12H2,1-5H3. The number of rotatable bonds is 9. The number of hydrogen-bond acceptors (Lipinski definition) is 6. The van der Waals surface area contributed by atoms with Crippen molar-refractivity contribution in [3.8, 4) is 0 Å². The zero-order valence-corrected chi connectivity index (χ0v) is 18.3. The minimum absolute atomic E-state index is 0.0119. The minimum atomic E-state index is -3.95. The van der Waals surface area contributed by atoms with E-state index >= 15 is 0 Å². The van der Waals surface area contributed by atoms with Crippen LogP contribution in [0.5, 0.6) is 0 Å². The van der Waals surface area contributed by atoms with Gasteiger partial charge in [-0.2, -0.15) is 0 Å². The molecule has 0 aliphatic rings. The third-order valence-electron chi connectivity index (χ3n) is 3.39. The molecular formula is C18H27ClN2O6S. The molecule has 1 rings (SSSR count). The molecule has 0 heterocycles. The number of halogens is 1. The van der Waals surface area contributed by atoms with Gasteiger partial charge in [0.1, 0.15) is 11.4 Å². The first-order chi connectivity index (χ1) is 12.9. The zero-order chi connectivity index (χ0) is 21.5. The summed E-state index contributed by atoms with van der Waals surface area (Å²) in [5.41, 5.74) is -0.643. The first-order valence-corrected chi connectivity index (χ1v) is 10.5. The van der Waals surface area contributed by atoms with Crippen molar-refractivity contribution >= 4 is 33.5 Å². The Bertz CT molecular complexity index is 805. The number of ether oxygens (including phenoxy) is 2. The second kappa shape index (κ2) is 10.2. The Morgan fingerprint density at radius 2 is 1.89 bits per heavy atom. The van der Waals surface area contributed by atoms with Crippen LogP contribution in [0.2, 0.25) is 5.02 Å². The molecule has 0 unspecified atom stereocenters. The highest BCUT2D eigenvalue weighted by molar-refractivity contribution is 7.89. The fourth-order valence-electron chi connectivity index (χ4n) is 2.30. The number of nitrogens with one attached hydrogen (secondary N) is 1. The first-order valence-electron chi connectivity index (χ1n) is 8.68. The lowest BCUT2D eigenvalue weighted by atomic mass is 10.1. The number of methoxy groups -OCH3 is 1. The van der Waals surface area contributed by atoms with Crippen molar-refractivity contribution in [3.63, 3.8) is 0 Å². The number of nitrogens with zero attached hydrogens (tertiary/aromatic N) is 1. The maximum atomic E-state index is 12.9. The van der Waals surface area contributed by atoms with Gasteiger partial charge in [0.2, 0.25) is 10.0 Å². The third-order valence-corrected chi connectivity index (χ3v) is 5.63. The van der Waals surface area contributed by atoms with Gasteiger partial charge < -0.3 is 14.4 Å². The van der Waals surface area contributed by atoms with Gasteiger partial charge in [-0.3, -0.25) is 9.59 Å². The monoisotopic (exact) mass is 434 g/mol. The van der Waals surface area contributed by atoms with E-state index in [-0.39, 0.29) is 41.8 Å². The van der Waals surface area contributed by atoms with Crippen molar-refractivity contribution in [2.24, 2.45) is 0 Å². The van der Waals surface area contributed by atoms with E-state index in [1.54, 1.807) is 27.7 Å². The Morgan fingerprint density at radius 1 is 1.25 bits per heavy atom. The smallest absolute Gasteiger partial charge is 0.325 e. The molecule has 1 amide bonds. The van der Waals surface area contributed by atoms with Crippen LogP contribution in [0.3, 0.4) is 0 Å². The summed E-state index contributed by atoms with van der Waals surface area (Å²) in [7, 11) is -2.48. The maximum absolute atomic E-state index is 12.9. The average Bonchev–Trinajstić information content (AvgIpc) is 2.56. The van der Waals surface area contributed by atoms with Crippen molar-refractivity contribution in [3.05, 3.63) is 28.8 Å². The number of carbonyl (C=O) groups is 2. The van der Waals surface area contributed by atoms with E-state index < -0.39 is 27.4 Å². The predicted octanol–water partition coefficient (Wildman–Crippen LogP) is 2.07. The lowest BCUT2D eigenvalue weighted by Crippen LogP contribution is -2.41. The van der Waals surface area contributed by atoms with Crippen LogP contribution in [0.4, 0.5) is 0 Å². The number of hydrogen-bond donors (Lipinski definition) is 1. The lowest BCUT2D eigenvalue weighted by Gasteiger charge is -2.23. The summed E-state index contributed by atoms with van der Waals surface area (Å²) in [5, 5.41) is -0.0119. The molecule has 28 heavy (non-hydrogen) atoms. The molecule has 0 aliphatic carbocycles. The van der Waals surface area contributed by atoms with E-state index in [4.69, 9.17) is 21.1 Å². The molecule has 0 fully saturated rings. The number of benzene rings is 1. The van der Waals surface area contributed by atoms with Crippen molar-refractivity contribution in [1.82, 2.24) is 9.62 Å². The Hall–Kier alpha value is -1.68. The fraction of sp³-hybridized carbons (Fsp3) is 0.556. The van der Waals surface area contributed by atoms with Gasteiger partial charge in [0, 0.05) is 24.8 Å². The molecule has 1 aromatic rings. The van der Waals surface area contributed by atoms with Crippen LogP contribution in [0.15, 0.2) is 23.1 Å². The van der Waals surface area contributed by atoms with E-state index in [0.29, 0.717) is 0 Å². The highest BCUT2D eigenvalue weighted by Crippen LogP contribution is 2.24. The minimum Gasteiger partial charge on any atom is -0.465 e. The summed E-state index contributed by atoms with van der Waals surface area (Å²) in [4.78, 5) is 25.7. The van der Waals surface area contributed by atoms with Crippen molar-refractivity contribution < 1.29 is 27.5 Å². The second-order valence-electron chi connectivity index (χ2n) is 7.03. The highest BCUT2D eigenvalue weighted by Gasteiger charge is 2.27. The van der Waals surface area contributed by atoms with Crippen LogP contribution in [0.1, 0.15) is 38.1 Å². The summed E-state index contributed by atoms with van der Waals surface area (Å²) < 4.78 is 37.6. The highest BCUT2D eigenvalue weighted by atomic mass is 35.5. The van der Waals surface area contributed by atoms with Gasteiger partial charge in [0.15, 0.2) is 0 Å². The molecule has 1 aromatic carbocycles. The Labute approximate surface area is 171 Å². The van der Waals surface area contributed by atoms with Crippen molar-refractivity contribution in [2.75, 3.05) is 33.4 Å². The Morgan fingerprint density at radius 3 is 2.43 bits per heavy atom. The molecule has 8 nitrogen and oxygen atoms in total. The van der Waals surface area contributed by atoms with Gasteiger partial charge in [0.05, 0.1) is 18.2 Å². The molecule has 0 spiro atoms. The van der Waals surface area contributed by atoms with Crippen molar-refractivity contribution in [1.29, 1.82) is 0 Å². The van der Waals surface area contributed by atoms with E-state index in [0.717, 1.165) is 0 Å². The Balaban J connectivity index is 3.22. The van der Waals surface area contributed by atoms with Gasteiger partial charge in [0.25, 0.3) is 5.91 Å². The molecule has 0 radical (unpaired) electrons. The van der Waals surface area contributed by atoms with Crippen LogP contribution in [0, 0.1) is 0 Å². The molecule has 0 bridgehead atoms. The second-order valence-corrected chi connectivity index (χ2v) is 9.08. The van der Waals surface area contributed by atoms with Crippen LogP contribution in [-0.4, -0.2) is 64.1 Å². The molecule has 0 aliphatic heterocycles. The quantitative estimate of drug-likeness (QED) is 0.597. The summed E-state index contributed by atoms with van der Waals surface area (Å²) in [6, 6.07) is 3.94. The van der Waals surface area contributed by atoms with Crippen LogP contribution in [0.25, 0.3) is 0 Å². The van der Waals surface area contributed by atoms with E-state index in [9.17, 15) is 18.0 Å². The summed E-state index contributed by atoms with van der Waals surface area (Å²) in [5.74, 6) is -1.10. The van der Waals surface area contributed by atoms with Crippen molar-refractivity contribution in [2.45, 2.75) is 38.1 Å². The molecule has 0 saturated heterocycles. The summed E-state index contributed by atoms with van der Waals surface area (Å²) in [6.07, 6.45) is 0. The first kappa shape index (κ1) is 24.4. The number of sulfonamides is 1. The van der Waals surface area contributed by atoms with Gasteiger partial charge in [-0.1, -0.05) is 11.6 Å². The van der Waals surface area contributed by atoms with E-state index in [1.807, 2.05) is 0 Å². The summed E-state index contributed by atoms with van der Waals surface area (Å²) >= 11 is 6.06. The van der Waals surface area contributed by atoms with E-state index in [1.165, 1.54) is 30.2 Å². The largest absolute Gasteiger partial charge is 0.465 e. The molecule has 158 valence electrons. The number of esters is 1. The fourth-order valence-corrected chi connectivity index (χ4v) is 4.24. The predicted molar refractivity (Wildman–Crippen MR) is 106 cm³/mol. The molecule has 0 atom stereocenters. The average molecular weight is 435 g/mol. The summed E-state index contributed by atoms with van der Waals surface area (Å²) in [6.45, 7) is 7.00. The topological polar surface area (TPSA) is 102 Å². The number of carbonyl (C=O) groups excluding carboxylic acids is 2. The molecule has 10 heteroatoms. The van der Waals surface area contributed by atoms with Gasteiger partial charge >= 0.3 is 5.97 Å². The normalized spacial score (nSPS) is 11.9. The van der Waals surface area contributed by atoms with Gasteiger partial charge in [-0.05, 0) is 45.9 Å². The maximum Gasteiger partial charge on any atom is 0.325 e. The third kappa shape index (κ3) is 7.38. The molecule has 1 N–H and O–H groups in total. The number of amides is 1. The van der Waals surface area contributed by atoms with Gasteiger partial charge in [-0.25, -0.2) is 13.1 Å². The van der Waals surface area contributed by atoms with Gasteiger partial charge in [-0.15, -0.1) is 0 Å². The van der Waals surface area contributed by atoms with Crippen LogP contribution >= 0.6 is 11.6 Å². The van der Waals surface area contributed by atoms with E-state index in [2.05, 4.69) is 4.72 Å². The molecular weight excluding hydrogens is 408 g/mol. The molecule has 0 saturated carbocycles.